The number of fused-ring (bicyclic) bond motifs is 1. The summed E-state index contributed by atoms with van der Waals surface area (Å²) in [4.78, 5) is 18.0. The highest BCUT2D eigenvalue weighted by atomic mass is 79.9. The lowest BCUT2D eigenvalue weighted by atomic mass is 10.2. The molecule has 0 aliphatic heterocycles. The van der Waals surface area contributed by atoms with Gasteiger partial charge in [0.1, 0.15) is 18.2 Å². The van der Waals surface area contributed by atoms with Gasteiger partial charge in [-0.05, 0) is 64.8 Å². The van der Waals surface area contributed by atoms with Crippen molar-refractivity contribution in [3.8, 4) is 5.75 Å². The van der Waals surface area contributed by atoms with E-state index in [1.807, 2.05) is 37.3 Å². The lowest BCUT2D eigenvalue weighted by molar-refractivity contribution is 0.303. The second-order valence-corrected chi connectivity index (χ2v) is 11.6. The predicted molar refractivity (Wildman–Crippen MR) is 156 cm³/mol. The first kappa shape index (κ1) is 26.5. The molecule has 3 aromatic carbocycles. The molecule has 4 aromatic rings. The molecule has 10 heteroatoms. The van der Waals surface area contributed by atoms with Crippen molar-refractivity contribution in [1.82, 2.24) is 9.66 Å². The first-order chi connectivity index (χ1) is 16.8. The molecule has 0 fully saturated rings. The normalized spacial score (nSPS) is 11.5. The van der Waals surface area contributed by atoms with E-state index in [9.17, 15) is 4.79 Å². The highest BCUT2D eigenvalue weighted by Crippen LogP contribution is 2.33. The Kier molecular flexibility index (Phi) is 8.86. The summed E-state index contributed by atoms with van der Waals surface area (Å²) in [6.45, 7) is 2.35. The van der Waals surface area contributed by atoms with Crippen molar-refractivity contribution in [2.45, 2.75) is 26.4 Å². The van der Waals surface area contributed by atoms with Gasteiger partial charge in [0, 0.05) is 36.0 Å². The summed E-state index contributed by atoms with van der Waals surface area (Å²) in [5.41, 5.74) is 2.01. The summed E-state index contributed by atoms with van der Waals surface area (Å²) in [7, 11) is 0. The number of aromatic nitrogens is 2. The maximum absolute atomic E-state index is 13.3. The summed E-state index contributed by atoms with van der Waals surface area (Å²) in [5, 5.41) is 5.53. The number of halogens is 5. The van der Waals surface area contributed by atoms with Crippen LogP contribution in [0.1, 0.15) is 30.3 Å². The summed E-state index contributed by atoms with van der Waals surface area (Å²) < 4.78 is 10.9. The number of hydrogen-bond donors (Lipinski definition) is 0. The van der Waals surface area contributed by atoms with Crippen molar-refractivity contribution in [1.29, 1.82) is 0 Å². The van der Waals surface area contributed by atoms with Gasteiger partial charge in [-0.15, -0.1) is 0 Å². The van der Waals surface area contributed by atoms with Crippen LogP contribution < -0.4 is 10.3 Å². The Morgan fingerprint density at radius 3 is 2.51 bits per heavy atom. The summed E-state index contributed by atoms with van der Waals surface area (Å²) in [6.07, 6.45) is 3.01. The second kappa shape index (κ2) is 11.7. The molecule has 0 unspecified atom stereocenters. The van der Waals surface area contributed by atoms with Crippen LogP contribution >= 0.6 is 75.3 Å². The van der Waals surface area contributed by atoms with Gasteiger partial charge < -0.3 is 4.74 Å². The van der Waals surface area contributed by atoms with Gasteiger partial charge in [0.15, 0.2) is 0 Å². The molecular weight excluding hydrogens is 729 g/mol. The minimum Gasteiger partial charge on any atom is -0.487 e. The van der Waals surface area contributed by atoms with Crippen LogP contribution in [0.15, 0.2) is 76.3 Å². The standard InChI is InChI=1S/C25H18Br4ClN3O2/c1-2-3-23-32-22-7-6-16(26)9-19(22)25(34)33(23)31-12-15-8-18(30)11-21(29)24(15)35-13-14-4-5-17(27)10-20(14)28/h4-12H,2-3,13H2,1H3. The van der Waals surface area contributed by atoms with Crippen molar-refractivity contribution < 1.29 is 4.74 Å². The summed E-state index contributed by atoms with van der Waals surface area (Å²) >= 11 is 20.3. The Morgan fingerprint density at radius 1 is 1.03 bits per heavy atom. The zero-order chi connectivity index (χ0) is 25.1. The van der Waals surface area contributed by atoms with Gasteiger partial charge in [-0.25, -0.2) is 4.98 Å². The summed E-state index contributed by atoms with van der Waals surface area (Å²) in [5.74, 6) is 1.15. The third-order valence-corrected chi connectivity index (χ3v) is 7.62. The minimum atomic E-state index is -0.238. The van der Waals surface area contributed by atoms with Gasteiger partial charge in [0.2, 0.25) is 0 Å². The quantitative estimate of drug-likeness (QED) is 0.178. The van der Waals surface area contributed by atoms with E-state index in [2.05, 4.69) is 73.8 Å². The highest BCUT2D eigenvalue weighted by Gasteiger charge is 2.13. The van der Waals surface area contributed by atoms with E-state index in [0.29, 0.717) is 50.6 Å². The lowest BCUT2D eigenvalue weighted by Crippen LogP contribution is -2.22. The van der Waals surface area contributed by atoms with Crippen LogP contribution in [0.25, 0.3) is 10.9 Å². The molecule has 1 aromatic heterocycles. The molecule has 0 bridgehead atoms. The first-order valence-electron chi connectivity index (χ1n) is 10.6. The zero-order valence-corrected chi connectivity index (χ0v) is 25.5. The van der Waals surface area contributed by atoms with E-state index < -0.39 is 0 Å². The van der Waals surface area contributed by atoms with Crippen LogP contribution in [0.3, 0.4) is 0 Å². The second-order valence-electron chi connectivity index (χ2n) is 7.63. The number of ether oxygens (including phenoxy) is 1. The van der Waals surface area contributed by atoms with Crippen LogP contribution in [0, 0.1) is 0 Å². The molecule has 0 aliphatic rings. The number of aryl methyl sites for hydroxylation is 1. The third-order valence-electron chi connectivity index (χ3n) is 5.09. The Labute approximate surface area is 241 Å². The maximum Gasteiger partial charge on any atom is 0.282 e. The van der Waals surface area contributed by atoms with E-state index in [1.165, 1.54) is 4.68 Å². The first-order valence-corrected chi connectivity index (χ1v) is 14.1. The molecule has 180 valence electrons. The van der Waals surface area contributed by atoms with Crippen LogP contribution in [-0.2, 0) is 13.0 Å². The van der Waals surface area contributed by atoms with Crippen molar-refractivity contribution in [2.75, 3.05) is 0 Å². The van der Waals surface area contributed by atoms with Crippen molar-refractivity contribution in [3.05, 3.63) is 98.7 Å². The van der Waals surface area contributed by atoms with Gasteiger partial charge in [0.05, 0.1) is 21.6 Å². The molecule has 0 N–H and O–H groups in total. The molecule has 35 heavy (non-hydrogen) atoms. The number of hydrogen-bond acceptors (Lipinski definition) is 4. The van der Waals surface area contributed by atoms with E-state index in [4.69, 9.17) is 16.3 Å². The van der Waals surface area contributed by atoms with Gasteiger partial charge in [0.25, 0.3) is 5.56 Å². The highest BCUT2D eigenvalue weighted by molar-refractivity contribution is 9.11. The lowest BCUT2D eigenvalue weighted by Gasteiger charge is -2.13. The van der Waals surface area contributed by atoms with Gasteiger partial charge in [-0.3, -0.25) is 4.79 Å². The smallest absolute Gasteiger partial charge is 0.282 e. The molecule has 0 aliphatic carbocycles. The third kappa shape index (κ3) is 6.25. The van der Waals surface area contributed by atoms with Crippen LogP contribution in [0.5, 0.6) is 5.75 Å². The molecule has 4 rings (SSSR count). The number of benzene rings is 3. The van der Waals surface area contributed by atoms with Crippen molar-refractivity contribution in [2.24, 2.45) is 5.10 Å². The molecule has 0 radical (unpaired) electrons. The largest absolute Gasteiger partial charge is 0.487 e. The van der Waals surface area contributed by atoms with E-state index in [0.717, 1.165) is 25.4 Å². The van der Waals surface area contributed by atoms with E-state index in [-0.39, 0.29) is 5.56 Å². The van der Waals surface area contributed by atoms with Gasteiger partial charge in [-0.2, -0.15) is 9.78 Å². The average Bonchev–Trinajstić information content (AvgIpc) is 2.80. The average molecular weight is 748 g/mol. The molecule has 0 saturated heterocycles. The Bertz CT molecular complexity index is 1500. The molecule has 0 spiro atoms. The van der Waals surface area contributed by atoms with Crippen LogP contribution in [0.2, 0.25) is 5.02 Å². The minimum absolute atomic E-state index is 0.238. The summed E-state index contributed by atoms with van der Waals surface area (Å²) in [6, 6.07) is 14.9. The van der Waals surface area contributed by atoms with E-state index in [1.54, 1.807) is 24.4 Å². The molecular formula is C25H18Br4ClN3O2. The van der Waals surface area contributed by atoms with Crippen LogP contribution in [-0.4, -0.2) is 15.9 Å². The molecule has 0 amide bonds. The Hall–Kier alpha value is -1.52. The predicted octanol–water partition coefficient (Wildman–Crippen LogP) is 8.51. The Morgan fingerprint density at radius 2 is 1.77 bits per heavy atom. The molecule has 1 heterocycles. The fourth-order valence-corrected chi connectivity index (χ4v) is 5.91. The molecule has 0 saturated carbocycles. The van der Waals surface area contributed by atoms with Crippen molar-refractivity contribution in [3.63, 3.8) is 0 Å². The fraction of sp³-hybridized carbons (Fsp3) is 0.160. The fourth-order valence-electron chi connectivity index (χ4n) is 3.44. The molecule has 5 nitrogen and oxygen atoms in total. The monoisotopic (exact) mass is 743 g/mol. The van der Waals surface area contributed by atoms with Gasteiger partial charge in [-0.1, -0.05) is 72.4 Å². The zero-order valence-electron chi connectivity index (χ0n) is 18.4. The maximum atomic E-state index is 13.3. The SMILES string of the molecule is CCCc1nc2ccc(Br)cc2c(=O)n1N=Cc1cc(Cl)cc(Br)c1OCc1ccc(Br)cc1Br. The van der Waals surface area contributed by atoms with Gasteiger partial charge >= 0.3 is 0 Å². The Balaban J connectivity index is 1.75. The van der Waals surface area contributed by atoms with Crippen molar-refractivity contribution >= 4 is 92.4 Å². The topological polar surface area (TPSA) is 56.5 Å². The number of rotatable bonds is 7. The van der Waals surface area contributed by atoms with E-state index >= 15 is 0 Å². The molecule has 0 atom stereocenters. The van der Waals surface area contributed by atoms with Crippen LogP contribution in [0.4, 0.5) is 0 Å². The number of nitrogens with zero attached hydrogens (tertiary/aromatic N) is 3.